The summed E-state index contributed by atoms with van der Waals surface area (Å²) in [5.74, 6) is 2.52. The van der Waals surface area contributed by atoms with Gasteiger partial charge in [0.05, 0.1) is 0 Å². The van der Waals surface area contributed by atoms with Gasteiger partial charge < -0.3 is 0 Å². The van der Waals surface area contributed by atoms with Crippen molar-refractivity contribution in [2.75, 3.05) is 0 Å². The number of aromatic nitrogens is 3. The largest absolute Gasteiger partial charge is 0.250 e. The normalized spacial score (nSPS) is 25.3. The Hall–Kier alpha value is -0.380. The van der Waals surface area contributed by atoms with E-state index in [1.54, 1.807) is 6.33 Å². The lowest BCUT2D eigenvalue weighted by Gasteiger charge is -2.20. The highest BCUT2D eigenvalue weighted by molar-refractivity contribution is 9.09. The van der Waals surface area contributed by atoms with Crippen molar-refractivity contribution in [2.24, 2.45) is 11.8 Å². The van der Waals surface area contributed by atoms with Gasteiger partial charge in [0.15, 0.2) is 0 Å². The minimum absolute atomic E-state index is 0.624. The Kier molecular flexibility index (Phi) is 5.22. The predicted molar refractivity (Wildman–Crippen MR) is 77.9 cm³/mol. The molecule has 0 spiro atoms. The molecule has 1 aromatic heterocycles. The lowest BCUT2D eigenvalue weighted by molar-refractivity contribution is 0.420. The summed E-state index contributed by atoms with van der Waals surface area (Å²) in [6, 6.07) is 0. The molecule has 1 aliphatic carbocycles. The lowest BCUT2D eigenvalue weighted by atomic mass is 9.96. The van der Waals surface area contributed by atoms with Crippen LogP contribution in [-0.2, 0) is 13.0 Å². The van der Waals surface area contributed by atoms with Crippen LogP contribution < -0.4 is 0 Å². The molecule has 0 amide bonds. The van der Waals surface area contributed by atoms with Crippen molar-refractivity contribution >= 4 is 15.9 Å². The standard InChI is InChI=1S/C14H24BrN3/c1-11(2)9-18-14(16-10-17-18)8-12-6-4-3-5-7-13(12)15/h10-13H,3-9H2,1-2H3. The Bertz CT molecular complexity index is 362. The zero-order valence-corrected chi connectivity index (χ0v) is 13.1. The average Bonchev–Trinajstić information content (AvgIpc) is 2.62. The third-order valence-electron chi connectivity index (χ3n) is 3.74. The fraction of sp³-hybridized carbons (Fsp3) is 0.857. The first-order valence-electron chi connectivity index (χ1n) is 7.17. The van der Waals surface area contributed by atoms with Crippen LogP contribution in [0.25, 0.3) is 0 Å². The summed E-state index contributed by atoms with van der Waals surface area (Å²) in [6.07, 6.45) is 9.53. The number of nitrogens with zero attached hydrogens (tertiary/aromatic N) is 3. The highest BCUT2D eigenvalue weighted by Crippen LogP contribution is 2.30. The summed E-state index contributed by atoms with van der Waals surface area (Å²) in [6.45, 7) is 5.43. The molecule has 0 bridgehead atoms. The van der Waals surface area contributed by atoms with Crippen LogP contribution in [0.2, 0.25) is 0 Å². The molecule has 1 saturated carbocycles. The van der Waals surface area contributed by atoms with E-state index in [1.807, 2.05) is 0 Å². The third-order valence-corrected chi connectivity index (χ3v) is 4.95. The Labute approximate surface area is 118 Å². The maximum atomic E-state index is 4.46. The van der Waals surface area contributed by atoms with E-state index in [4.69, 9.17) is 0 Å². The molecule has 1 aromatic rings. The number of rotatable bonds is 4. The van der Waals surface area contributed by atoms with Crippen molar-refractivity contribution in [3.05, 3.63) is 12.2 Å². The molecule has 0 saturated heterocycles. The molecule has 2 rings (SSSR count). The summed E-state index contributed by atoms with van der Waals surface area (Å²) in [5, 5.41) is 4.36. The first-order chi connectivity index (χ1) is 8.66. The summed E-state index contributed by atoms with van der Waals surface area (Å²) in [4.78, 5) is 5.12. The first kappa shape index (κ1) is 14.0. The van der Waals surface area contributed by atoms with E-state index in [9.17, 15) is 0 Å². The molecule has 1 heterocycles. The average molecular weight is 314 g/mol. The van der Waals surface area contributed by atoms with Gasteiger partial charge in [-0.05, 0) is 24.7 Å². The van der Waals surface area contributed by atoms with Crippen LogP contribution in [0.4, 0.5) is 0 Å². The Morgan fingerprint density at radius 1 is 1.33 bits per heavy atom. The van der Waals surface area contributed by atoms with Gasteiger partial charge in [-0.1, -0.05) is 49.0 Å². The van der Waals surface area contributed by atoms with Crippen LogP contribution in [0, 0.1) is 11.8 Å². The maximum absolute atomic E-state index is 4.46. The molecule has 3 nitrogen and oxygen atoms in total. The van der Waals surface area contributed by atoms with E-state index in [1.165, 1.54) is 37.9 Å². The predicted octanol–water partition coefficient (Wildman–Crippen LogP) is 3.82. The minimum Gasteiger partial charge on any atom is -0.250 e. The van der Waals surface area contributed by atoms with Gasteiger partial charge in [-0.3, -0.25) is 0 Å². The molecule has 4 heteroatoms. The first-order valence-corrected chi connectivity index (χ1v) is 8.09. The second kappa shape index (κ2) is 6.69. The van der Waals surface area contributed by atoms with Gasteiger partial charge in [-0.15, -0.1) is 0 Å². The quantitative estimate of drug-likeness (QED) is 0.625. The van der Waals surface area contributed by atoms with Crippen molar-refractivity contribution in [1.29, 1.82) is 0 Å². The second-order valence-corrected chi connectivity index (χ2v) is 7.05. The molecule has 0 radical (unpaired) electrons. The fourth-order valence-corrected chi connectivity index (χ4v) is 3.52. The number of hydrogen-bond donors (Lipinski definition) is 0. The maximum Gasteiger partial charge on any atom is 0.138 e. The minimum atomic E-state index is 0.624. The molecule has 2 unspecified atom stereocenters. The van der Waals surface area contributed by atoms with Crippen molar-refractivity contribution in [3.8, 4) is 0 Å². The van der Waals surface area contributed by atoms with Crippen molar-refractivity contribution in [2.45, 2.75) is 63.7 Å². The van der Waals surface area contributed by atoms with E-state index in [-0.39, 0.29) is 0 Å². The van der Waals surface area contributed by atoms with Crippen LogP contribution in [-0.4, -0.2) is 19.6 Å². The van der Waals surface area contributed by atoms with E-state index >= 15 is 0 Å². The van der Waals surface area contributed by atoms with Crippen LogP contribution in [0.5, 0.6) is 0 Å². The van der Waals surface area contributed by atoms with Crippen LogP contribution >= 0.6 is 15.9 Å². The molecule has 1 aliphatic rings. The number of hydrogen-bond acceptors (Lipinski definition) is 2. The molecule has 2 atom stereocenters. The van der Waals surface area contributed by atoms with E-state index in [0.717, 1.165) is 18.9 Å². The van der Waals surface area contributed by atoms with Gasteiger partial charge in [-0.2, -0.15) is 5.10 Å². The number of alkyl halides is 1. The third kappa shape index (κ3) is 3.81. The molecule has 1 fully saturated rings. The molecular formula is C14H24BrN3. The van der Waals surface area contributed by atoms with E-state index < -0.39 is 0 Å². The molecule has 18 heavy (non-hydrogen) atoms. The van der Waals surface area contributed by atoms with Gasteiger partial charge in [0.2, 0.25) is 0 Å². The van der Waals surface area contributed by atoms with Gasteiger partial charge in [0.1, 0.15) is 12.2 Å². The molecule has 102 valence electrons. The van der Waals surface area contributed by atoms with Crippen LogP contribution in [0.15, 0.2) is 6.33 Å². The van der Waals surface area contributed by atoms with Crippen LogP contribution in [0.3, 0.4) is 0 Å². The van der Waals surface area contributed by atoms with Crippen molar-refractivity contribution in [1.82, 2.24) is 14.8 Å². The zero-order valence-electron chi connectivity index (χ0n) is 11.5. The molecule has 0 aromatic carbocycles. The molecule has 0 N–H and O–H groups in total. The molecule has 0 aliphatic heterocycles. The Morgan fingerprint density at radius 2 is 2.11 bits per heavy atom. The van der Waals surface area contributed by atoms with E-state index in [0.29, 0.717) is 10.7 Å². The second-order valence-electron chi connectivity index (χ2n) is 5.87. The van der Waals surface area contributed by atoms with E-state index in [2.05, 4.69) is 44.5 Å². The number of halogens is 1. The summed E-state index contributed by atoms with van der Waals surface area (Å²) >= 11 is 3.87. The van der Waals surface area contributed by atoms with Gasteiger partial charge in [0, 0.05) is 17.8 Å². The zero-order chi connectivity index (χ0) is 13.0. The summed E-state index contributed by atoms with van der Waals surface area (Å²) < 4.78 is 2.09. The highest BCUT2D eigenvalue weighted by atomic mass is 79.9. The highest BCUT2D eigenvalue weighted by Gasteiger charge is 2.23. The summed E-state index contributed by atoms with van der Waals surface area (Å²) in [5.41, 5.74) is 0. The van der Waals surface area contributed by atoms with Gasteiger partial charge in [0.25, 0.3) is 0 Å². The summed E-state index contributed by atoms with van der Waals surface area (Å²) in [7, 11) is 0. The van der Waals surface area contributed by atoms with Crippen LogP contribution in [0.1, 0.15) is 51.8 Å². The Morgan fingerprint density at radius 3 is 2.89 bits per heavy atom. The van der Waals surface area contributed by atoms with Gasteiger partial charge >= 0.3 is 0 Å². The monoisotopic (exact) mass is 313 g/mol. The molecular weight excluding hydrogens is 290 g/mol. The Balaban J connectivity index is 2.01. The SMILES string of the molecule is CC(C)Cn1ncnc1CC1CCCCCC1Br. The van der Waals surface area contributed by atoms with Gasteiger partial charge in [-0.25, -0.2) is 9.67 Å². The van der Waals surface area contributed by atoms with Crippen molar-refractivity contribution in [3.63, 3.8) is 0 Å². The topological polar surface area (TPSA) is 30.7 Å². The smallest absolute Gasteiger partial charge is 0.138 e. The van der Waals surface area contributed by atoms with Crippen molar-refractivity contribution < 1.29 is 0 Å². The fourth-order valence-electron chi connectivity index (χ4n) is 2.75. The lowest BCUT2D eigenvalue weighted by Crippen LogP contribution is -2.19.